The van der Waals surface area contributed by atoms with Gasteiger partial charge in [0.25, 0.3) is 0 Å². The molecule has 2 rings (SSSR count). The Bertz CT molecular complexity index is 449. The fraction of sp³-hybridized carbons (Fsp3) is 0.583. The summed E-state index contributed by atoms with van der Waals surface area (Å²) in [6.07, 6.45) is -0.354. The molecule has 1 aliphatic carbocycles. The van der Waals surface area contributed by atoms with Crippen LogP contribution in [0.2, 0.25) is 5.02 Å². The first kappa shape index (κ1) is 14.9. The van der Waals surface area contributed by atoms with Gasteiger partial charge in [-0.05, 0) is 25.3 Å². The van der Waals surface area contributed by atoms with Gasteiger partial charge in [0.15, 0.2) is 0 Å². The van der Waals surface area contributed by atoms with E-state index in [1.165, 1.54) is 0 Å². The number of nitrogens with zero attached hydrogens (tertiary/aromatic N) is 2. The van der Waals surface area contributed by atoms with E-state index in [-0.39, 0.29) is 5.02 Å². The largest absolute Gasteiger partial charge is 0.417 e. The molecule has 19 heavy (non-hydrogen) atoms. The lowest BCUT2D eigenvalue weighted by Crippen LogP contribution is -2.42. The minimum absolute atomic E-state index is 0.0580. The molecule has 1 aliphatic rings. The number of hydrogen-bond donors (Lipinski definition) is 0. The van der Waals surface area contributed by atoms with E-state index in [9.17, 15) is 13.2 Å². The van der Waals surface area contributed by atoms with Crippen LogP contribution < -0.4 is 4.90 Å². The third-order valence-corrected chi connectivity index (χ3v) is 3.89. The predicted octanol–water partition coefficient (Wildman–Crippen LogP) is 4.51. The Balaban J connectivity index is 2.27. The second kappa shape index (κ2) is 5.87. The molecule has 0 bridgehead atoms. The number of aromatic nitrogens is 1. The molecule has 1 aromatic rings. The fourth-order valence-corrected chi connectivity index (χ4v) is 2.70. The summed E-state index contributed by atoms with van der Waals surface area (Å²) < 4.78 is 37.7. The summed E-state index contributed by atoms with van der Waals surface area (Å²) in [6, 6.07) is 1.28. The second-order valence-corrected chi connectivity index (χ2v) is 5.69. The van der Waals surface area contributed by atoms with Crippen LogP contribution >= 0.6 is 27.5 Å². The minimum atomic E-state index is -4.41. The Morgan fingerprint density at radius 2 is 2.11 bits per heavy atom. The molecule has 0 aliphatic heterocycles. The highest BCUT2D eigenvalue weighted by Crippen LogP contribution is 2.36. The molecule has 7 heteroatoms. The molecule has 0 spiro atoms. The van der Waals surface area contributed by atoms with Crippen molar-refractivity contribution in [1.29, 1.82) is 0 Å². The molecule has 0 unspecified atom stereocenters. The van der Waals surface area contributed by atoms with E-state index in [2.05, 4.69) is 20.9 Å². The van der Waals surface area contributed by atoms with Crippen molar-refractivity contribution in [3.63, 3.8) is 0 Å². The van der Waals surface area contributed by atoms with Crippen molar-refractivity contribution in [2.45, 2.75) is 31.5 Å². The summed E-state index contributed by atoms with van der Waals surface area (Å²) in [6.45, 7) is 0.683. The number of halogens is 5. The zero-order valence-corrected chi connectivity index (χ0v) is 12.4. The molecule has 106 valence electrons. The molecule has 2 nitrogen and oxygen atoms in total. The van der Waals surface area contributed by atoms with E-state index in [1.54, 1.807) is 0 Å². The quantitative estimate of drug-likeness (QED) is 0.737. The highest BCUT2D eigenvalue weighted by molar-refractivity contribution is 9.09. The van der Waals surface area contributed by atoms with Gasteiger partial charge in [0.05, 0.1) is 10.6 Å². The van der Waals surface area contributed by atoms with Gasteiger partial charge >= 0.3 is 6.18 Å². The number of alkyl halides is 4. The van der Waals surface area contributed by atoms with Gasteiger partial charge < -0.3 is 4.90 Å². The summed E-state index contributed by atoms with van der Waals surface area (Å²) >= 11 is 9.32. The maximum atomic E-state index is 12.6. The number of rotatable bonds is 4. The van der Waals surface area contributed by atoms with Crippen LogP contribution in [-0.2, 0) is 6.18 Å². The maximum Gasteiger partial charge on any atom is 0.417 e. The van der Waals surface area contributed by atoms with Gasteiger partial charge in [0, 0.05) is 24.1 Å². The lowest BCUT2D eigenvalue weighted by atomic mass is 9.91. The molecule has 0 radical (unpaired) electrons. The smallest absolute Gasteiger partial charge is 0.352 e. The fourth-order valence-electron chi connectivity index (χ4n) is 2.05. The zero-order chi connectivity index (χ0) is 14.0. The van der Waals surface area contributed by atoms with Crippen molar-refractivity contribution in [2.75, 3.05) is 16.8 Å². The van der Waals surface area contributed by atoms with E-state index in [0.717, 1.165) is 36.9 Å². The summed E-state index contributed by atoms with van der Waals surface area (Å²) in [5.74, 6) is 0.443. The lowest BCUT2D eigenvalue weighted by Gasteiger charge is -2.38. The van der Waals surface area contributed by atoms with Crippen LogP contribution in [0.4, 0.5) is 19.0 Å². The van der Waals surface area contributed by atoms with E-state index in [0.29, 0.717) is 18.4 Å². The van der Waals surface area contributed by atoms with Crippen molar-refractivity contribution in [3.8, 4) is 0 Å². The van der Waals surface area contributed by atoms with Crippen LogP contribution in [0.25, 0.3) is 0 Å². The van der Waals surface area contributed by atoms with Crippen molar-refractivity contribution in [2.24, 2.45) is 0 Å². The van der Waals surface area contributed by atoms with Crippen molar-refractivity contribution in [3.05, 3.63) is 22.8 Å². The number of anilines is 1. The van der Waals surface area contributed by atoms with Crippen LogP contribution in [0, 0.1) is 0 Å². The van der Waals surface area contributed by atoms with Gasteiger partial charge in [-0.15, -0.1) is 0 Å². The first-order chi connectivity index (χ1) is 8.93. The molecule has 0 amide bonds. The van der Waals surface area contributed by atoms with E-state index >= 15 is 0 Å². The van der Waals surface area contributed by atoms with Crippen LogP contribution in [0.5, 0.6) is 0 Å². The van der Waals surface area contributed by atoms with Crippen molar-refractivity contribution in [1.82, 2.24) is 4.98 Å². The standard InChI is InChI=1S/C12H13BrClF3N2/c13-4-5-19(9-2-1-3-9)11-10(14)6-8(7-18-11)12(15,16)17/h6-7,9H,1-5H2. The average Bonchev–Trinajstić information content (AvgIpc) is 2.24. The Morgan fingerprint density at radius 3 is 2.53 bits per heavy atom. The highest BCUT2D eigenvalue weighted by atomic mass is 79.9. The Morgan fingerprint density at radius 1 is 1.42 bits per heavy atom. The average molecular weight is 358 g/mol. The summed E-state index contributed by atoms with van der Waals surface area (Å²) in [5.41, 5.74) is -0.811. The predicted molar refractivity (Wildman–Crippen MR) is 73.0 cm³/mol. The van der Waals surface area contributed by atoms with Crippen molar-refractivity contribution >= 4 is 33.3 Å². The minimum Gasteiger partial charge on any atom is -0.352 e. The van der Waals surface area contributed by atoms with Gasteiger partial charge in [0.2, 0.25) is 0 Å². The maximum absolute atomic E-state index is 12.6. The first-order valence-corrected chi connectivity index (χ1v) is 7.48. The number of pyridine rings is 1. The molecular weight excluding hydrogens is 344 g/mol. The van der Waals surface area contributed by atoms with Crippen LogP contribution in [0.3, 0.4) is 0 Å². The molecule has 0 saturated heterocycles. The highest BCUT2D eigenvalue weighted by Gasteiger charge is 2.33. The second-order valence-electron chi connectivity index (χ2n) is 4.49. The van der Waals surface area contributed by atoms with Gasteiger partial charge in [0.1, 0.15) is 5.82 Å². The van der Waals surface area contributed by atoms with E-state index in [1.807, 2.05) is 4.90 Å². The molecule has 1 heterocycles. The third-order valence-electron chi connectivity index (χ3n) is 3.26. The molecule has 1 saturated carbocycles. The summed E-state index contributed by atoms with van der Waals surface area (Å²) in [4.78, 5) is 5.91. The third kappa shape index (κ3) is 3.34. The van der Waals surface area contributed by atoms with Crippen LogP contribution in [0.1, 0.15) is 24.8 Å². The topological polar surface area (TPSA) is 16.1 Å². The monoisotopic (exact) mass is 356 g/mol. The lowest BCUT2D eigenvalue weighted by molar-refractivity contribution is -0.137. The number of hydrogen-bond acceptors (Lipinski definition) is 2. The Hall–Kier alpha value is -0.490. The summed E-state index contributed by atoms with van der Waals surface area (Å²) in [5, 5.41) is 0.783. The van der Waals surface area contributed by atoms with Crippen molar-refractivity contribution < 1.29 is 13.2 Å². The van der Waals surface area contributed by atoms with Gasteiger partial charge in [-0.1, -0.05) is 27.5 Å². The molecule has 1 fully saturated rings. The normalized spacial score (nSPS) is 16.3. The van der Waals surface area contributed by atoms with Crippen LogP contribution in [-0.4, -0.2) is 22.9 Å². The molecule has 0 aromatic carbocycles. The molecule has 0 N–H and O–H groups in total. The van der Waals surface area contributed by atoms with E-state index < -0.39 is 11.7 Å². The molecule has 0 atom stereocenters. The first-order valence-electron chi connectivity index (χ1n) is 5.99. The molecule has 1 aromatic heterocycles. The Labute approximate surface area is 123 Å². The zero-order valence-electron chi connectivity index (χ0n) is 10.1. The summed E-state index contributed by atoms with van der Waals surface area (Å²) in [7, 11) is 0. The van der Waals surface area contributed by atoms with Gasteiger partial charge in [-0.2, -0.15) is 13.2 Å². The van der Waals surface area contributed by atoms with Gasteiger partial charge in [-0.25, -0.2) is 4.98 Å². The molecular formula is C12H13BrClF3N2. The SMILES string of the molecule is FC(F)(F)c1cnc(N(CCBr)C2CCC2)c(Cl)c1. The Kier molecular flexibility index (Phi) is 4.61. The van der Waals surface area contributed by atoms with E-state index in [4.69, 9.17) is 11.6 Å². The van der Waals surface area contributed by atoms with Gasteiger partial charge in [-0.3, -0.25) is 0 Å². The van der Waals surface area contributed by atoms with Crippen LogP contribution in [0.15, 0.2) is 12.3 Å².